The Morgan fingerprint density at radius 2 is 1.08 bits per heavy atom. The Hall–Kier alpha value is -0.823. The second kappa shape index (κ2) is 4.42. The number of allylic oxidation sites excluding steroid dienone is 8. The van der Waals surface area contributed by atoms with Crippen molar-refractivity contribution in [3.63, 3.8) is 0 Å². The van der Waals surface area contributed by atoms with Gasteiger partial charge in [0.15, 0.2) is 0 Å². The molecule has 13 heavy (non-hydrogen) atoms. The Labute approximate surface area is 82.6 Å². The molecule has 0 N–H and O–H groups in total. The molecule has 0 aromatic carbocycles. The highest BCUT2D eigenvalue weighted by molar-refractivity contribution is 6.35. The first kappa shape index (κ1) is 8.76. The Morgan fingerprint density at radius 1 is 0.692 bits per heavy atom. The summed E-state index contributed by atoms with van der Waals surface area (Å²) in [6.07, 6.45) is 17.8. The van der Waals surface area contributed by atoms with Gasteiger partial charge in [0.1, 0.15) is 0 Å². The summed E-state index contributed by atoms with van der Waals surface area (Å²) in [7, 11) is 1.10. The van der Waals surface area contributed by atoms with E-state index in [9.17, 15) is 0 Å². The van der Waals surface area contributed by atoms with Gasteiger partial charge in [-0.1, -0.05) is 60.7 Å². The van der Waals surface area contributed by atoms with Gasteiger partial charge >= 0.3 is 0 Å². The monoisotopic (exact) mass is 186 g/mol. The molecule has 0 aromatic heterocycles. The molecule has 2 radical (unpaired) electrons. The summed E-state index contributed by atoms with van der Waals surface area (Å²) in [6.45, 7) is 0. The number of rotatable bonds is 4. The highest BCUT2D eigenvalue weighted by atomic mass is 28.2. The van der Waals surface area contributed by atoms with Crippen molar-refractivity contribution in [3.8, 4) is 0 Å². The molecule has 0 aromatic rings. The first-order chi connectivity index (χ1) is 6.45. The van der Waals surface area contributed by atoms with E-state index in [2.05, 4.69) is 48.6 Å². The Balaban J connectivity index is 1.63. The lowest BCUT2D eigenvalue weighted by atomic mass is 10.2. The molecule has 0 spiro atoms. The van der Waals surface area contributed by atoms with Gasteiger partial charge in [-0.2, -0.15) is 0 Å². The first-order valence-electron chi connectivity index (χ1n) is 4.86. The largest absolute Gasteiger partial charge is 0.0779 e. The summed E-state index contributed by atoms with van der Waals surface area (Å²) in [5, 5.41) is 0. The van der Waals surface area contributed by atoms with Gasteiger partial charge in [0, 0.05) is 9.52 Å². The summed E-state index contributed by atoms with van der Waals surface area (Å²) in [4.78, 5) is 0. The van der Waals surface area contributed by atoms with Crippen molar-refractivity contribution < 1.29 is 0 Å². The summed E-state index contributed by atoms with van der Waals surface area (Å²) < 4.78 is 0. The third-order valence-corrected chi connectivity index (χ3v) is 3.94. The molecule has 0 nitrogen and oxygen atoms in total. The molecule has 0 heterocycles. The third-order valence-electron chi connectivity index (χ3n) is 2.42. The van der Waals surface area contributed by atoms with Crippen LogP contribution in [0.3, 0.4) is 0 Å². The minimum atomic E-state index is 0.729. The maximum atomic E-state index is 2.30. The molecule has 1 heteroatoms. The van der Waals surface area contributed by atoms with E-state index in [0.29, 0.717) is 0 Å². The molecular formula is C12H14Si. The van der Waals surface area contributed by atoms with Crippen molar-refractivity contribution >= 4 is 9.52 Å². The summed E-state index contributed by atoms with van der Waals surface area (Å²) in [5.41, 5.74) is 0. The van der Waals surface area contributed by atoms with E-state index >= 15 is 0 Å². The molecular weight excluding hydrogens is 172 g/mol. The molecule has 66 valence electrons. The van der Waals surface area contributed by atoms with Crippen LogP contribution >= 0.6 is 0 Å². The lowest BCUT2D eigenvalue weighted by molar-refractivity contribution is 0.901. The lowest BCUT2D eigenvalue weighted by Crippen LogP contribution is -2.01. The fraction of sp³-hybridized carbons (Fsp3) is 0.333. The van der Waals surface area contributed by atoms with Gasteiger partial charge in [0.25, 0.3) is 0 Å². The molecule has 0 amide bonds. The minimum absolute atomic E-state index is 0.729. The number of hydrogen-bond donors (Lipinski definition) is 0. The van der Waals surface area contributed by atoms with Crippen molar-refractivity contribution in [3.05, 3.63) is 48.6 Å². The van der Waals surface area contributed by atoms with E-state index in [0.717, 1.165) is 21.4 Å². The van der Waals surface area contributed by atoms with Gasteiger partial charge < -0.3 is 0 Å². The van der Waals surface area contributed by atoms with Gasteiger partial charge in [-0.25, -0.2) is 0 Å². The van der Waals surface area contributed by atoms with Gasteiger partial charge in [0.2, 0.25) is 0 Å². The van der Waals surface area contributed by atoms with Gasteiger partial charge in [-0.3, -0.25) is 0 Å². The van der Waals surface area contributed by atoms with Crippen molar-refractivity contribution in [1.82, 2.24) is 0 Å². The fourth-order valence-electron chi connectivity index (χ4n) is 1.64. The zero-order valence-corrected chi connectivity index (χ0v) is 8.69. The van der Waals surface area contributed by atoms with Crippen LogP contribution in [0.5, 0.6) is 0 Å². The molecule has 0 bridgehead atoms. The maximum absolute atomic E-state index is 2.30. The van der Waals surface area contributed by atoms with E-state index in [1.54, 1.807) is 0 Å². The fourth-order valence-corrected chi connectivity index (χ4v) is 3.02. The van der Waals surface area contributed by atoms with Crippen LogP contribution in [0.15, 0.2) is 48.6 Å². The average Bonchev–Trinajstić information content (AvgIpc) is 2.75. The maximum Gasteiger partial charge on any atom is 0.0396 e. The van der Waals surface area contributed by atoms with Crippen molar-refractivity contribution in [2.45, 2.75) is 12.1 Å². The molecule has 0 unspecified atom stereocenters. The van der Waals surface area contributed by atoms with Crippen molar-refractivity contribution in [2.24, 2.45) is 11.8 Å². The third kappa shape index (κ3) is 2.56. The normalized spacial score (nSPS) is 20.9. The summed E-state index contributed by atoms with van der Waals surface area (Å²) in [5.74, 6) is 1.46. The number of hydrogen-bond acceptors (Lipinski definition) is 0. The van der Waals surface area contributed by atoms with E-state index in [4.69, 9.17) is 0 Å². The molecule has 2 aliphatic rings. The summed E-state index contributed by atoms with van der Waals surface area (Å²) >= 11 is 0. The standard InChI is InChI=1S/C12H14Si/c1-2-6-11(5-1)9-13-10-12-7-3-4-8-12/h1-8,11-12H,9-10H2. The Bertz CT molecular complexity index is 219. The van der Waals surface area contributed by atoms with Crippen molar-refractivity contribution in [1.29, 1.82) is 0 Å². The van der Waals surface area contributed by atoms with Crippen LogP contribution in [-0.4, -0.2) is 9.52 Å². The van der Waals surface area contributed by atoms with Crippen LogP contribution in [0, 0.1) is 11.8 Å². The minimum Gasteiger partial charge on any atom is -0.0779 e. The molecule has 0 saturated heterocycles. The smallest absolute Gasteiger partial charge is 0.0396 e. The highest BCUT2D eigenvalue weighted by Gasteiger charge is 2.07. The molecule has 2 rings (SSSR count). The lowest BCUT2D eigenvalue weighted by Gasteiger charge is -2.06. The van der Waals surface area contributed by atoms with Crippen LogP contribution in [0.4, 0.5) is 0 Å². The van der Waals surface area contributed by atoms with Crippen LogP contribution < -0.4 is 0 Å². The quantitative estimate of drug-likeness (QED) is 0.592. The average molecular weight is 186 g/mol. The first-order valence-corrected chi connectivity index (χ1v) is 6.27. The van der Waals surface area contributed by atoms with Crippen LogP contribution in [0.1, 0.15) is 0 Å². The molecule has 0 atom stereocenters. The van der Waals surface area contributed by atoms with Crippen LogP contribution in [0.2, 0.25) is 12.1 Å². The van der Waals surface area contributed by atoms with Gasteiger partial charge in [-0.15, -0.1) is 0 Å². The Kier molecular flexibility index (Phi) is 2.98. The zero-order valence-electron chi connectivity index (χ0n) is 7.69. The molecule has 0 fully saturated rings. The van der Waals surface area contributed by atoms with Crippen molar-refractivity contribution in [2.75, 3.05) is 0 Å². The Morgan fingerprint density at radius 3 is 1.46 bits per heavy atom. The SMILES string of the molecule is C1=CC(C[Si]CC2C=CC=C2)C=C1. The predicted molar refractivity (Wildman–Crippen MR) is 58.9 cm³/mol. The second-order valence-corrected chi connectivity index (χ2v) is 4.84. The molecule has 0 aliphatic heterocycles. The topological polar surface area (TPSA) is 0 Å². The highest BCUT2D eigenvalue weighted by Crippen LogP contribution is 2.18. The second-order valence-electron chi connectivity index (χ2n) is 3.53. The molecule has 0 saturated carbocycles. The van der Waals surface area contributed by atoms with Crippen LogP contribution in [-0.2, 0) is 0 Å². The van der Waals surface area contributed by atoms with Gasteiger partial charge in [0.05, 0.1) is 0 Å². The van der Waals surface area contributed by atoms with Gasteiger partial charge in [-0.05, 0) is 11.8 Å². The zero-order chi connectivity index (χ0) is 8.93. The molecule has 2 aliphatic carbocycles. The predicted octanol–water partition coefficient (Wildman–Crippen LogP) is 3.01. The summed E-state index contributed by atoms with van der Waals surface area (Å²) in [6, 6.07) is 2.68. The van der Waals surface area contributed by atoms with E-state index < -0.39 is 0 Å². The van der Waals surface area contributed by atoms with E-state index in [-0.39, 0.29) is 0 Å². The van der Waals surface area contributed by atoms with E-state index in [1.165, 1.54) is 12.1 Å². The van der Waals surface area contributed by atoms with Crippen LogP contribution in [0.25, 0.3) is 0 Å². The van der Waals surface area contributed by atoms with E-state index in [1.807, 2.05) is 0 Å².